The second-order valence-corrected chi connectivity index (χ2v) is 4.45. The van der Waals surface area contributed by atoms with Crippen LogP contribution in [0.3, 0.4) is 0 Å². The lowest BCUT2D eigenvalue weighted by Crippen LogP contribution is -2.21. The van der Waals surface area contributed by atoms with Crippen LogP contribution in [0.25, 0.3) is 0 Å². The van der Waals surface area contributed by atoms with Crippen molar-refractivity contribution in [3.63, 3.8) is 0 Å². The van der Waals surface area contributed by atoms with Crippen molar-refractivity contribution in [2.24, 2.45) is 0 Å². The smallest absolute Gasteiger partial charge is 0.141 e. The number of aromatic nitrogens is 2. The molecule has 0 atom stereocenters. The molecule has 5 nitrogen and oxygen atoms in total. The summed E-state index contributed by atoms with van der Waals surface area (Å²) in [5.74, 6) is 0.416. The van der Waals surface area contributed by atoms with Crippen LogP contribution in [0.5, 0.6) is 0 Å². The zero-order valence-corrected chi connectivity index (χ0v) is 10.1. The Bertz CT molecular complexity index is 306. The molecule has 0 saturated carbocycles. The Kier molecular flexibility index (Phi) is 4.64. The molecule has 0 fully saturated rings. The van der Waals surface area contributed by atoms with Gasteiger partial charge in [0.05, 0.1) is 43.5 Å². The van der Waals surface area contributed by atoms with Crippen molar-refractivity contribution < 1.29 is 9.47 Å². The van der Waals surface area contributed by atoms with Crippen molar-refractivity contribution in [1.82, 2.24) is 9.97 Å². The summed E-state index contributed by atoms with van der Waals surface area (Å²) in [5, 5.41) is 0. The predicted octanol–water partition coefficient (Wildman–Crippen LogP) is 1.39. The van der Waals surface area contributed by atoms with Gasteiger partial charge in [0.1, 0.15) is 5.82 Å². The molecule has 1 rings (SSSR count). The van der Waals surface area contributed by atoms with Crippen molar-refractivity contribution >= 4 is 5.82 Å². The average molecular weight is 225 g/mol. The van der Waals surface area contributed by atoms with E-state index in [1.54, 1.807) is 6.20 Å². The van der Waals surface area contributed by atoms with Crippen LogP contribution in [0.15, 0.2) is 12.4 Å². The SMILES string of the molecule is CC(C)(C)OCCOCc1cnc(N)cn1. The fourth-order valence-electron chi connectivity index (χ4n) is 1.02. The summed E-state index contributed by atoms with van der Waals surface area (Å²) >= 11 is 0. The molecule has 0 spiro atoms. The number of anilines is 1. The molecular weight excluding hydrogens is 206 g/mol. The minimum Gasteiger partial charge on any atom is -0.382 e. The maximum atomic E-state index is 5.51. The van der Waals surface area contributed by atoms with Crippen molar-refractivity contribution in [2.75, 3.05) is 18.9 Å². The van der Waals surface area contributed by atoms with Crippen molar-refractivity contribution in [3.05, 3.63) is 18.1 Å². The maximum absolute atomic E-state index is 5.51. The molecule has 0 aliphatic heterocycles. The van der Waals surface area contributed by atoms with Crippen LogP contribution in [0.4, 0.5) is 5.82 Å². The summed E-state index contributed by atoms with van der Waals surface area (Å²) < 4.78 is 10.9. The Morgan fingerprint density at radius 1 is 1.19 bits per heavy atom. The summed E-state index contributed by atoms with van der Waals surface area (Å²) in [7, 11) is 0. The molecule has 0 amide bonds. The Morgan fingerprint density at radius 2 is 1.94 bits per heavy atom. The zero-order valence-electron chi connectivity index (χ0n) is 10.1. The van der Waals surface area contributed by atoms with Gasteiger partial charge in [0.2, 0.25) is 0 Å². The van der Waals surface area contributed by atoms with Crippen LogP contribution in [-0.2, 0) is 16.1 Å². The van der Waals surface area contributed by atoms with E-state index in [1.165, 1.54) is 6.20 Å². The van der Waals surface area contributed by atoms with Gasteiger partial charge in [-0.25, -0.2) is 4.98 Å². The Balaban J connectivity index is 2.14. The van der Waals surface area contributed by atoms with Crippen LogP contribution >= 0.6 is 0 Å². The summed E-state index contributed by atoms with van der Waals surface area (Å²) in [5.41, 5.74) is 6.06. The first kappa shape index (κ1) is 12.9. The van der Waals surface area contributed by atoms with Gasteiger partial charge in [0.25, 0.3) is 0 Å². The Hall–Kier alpha value is -1.20. The molecule has 90 valence electrons. The summed E-state index contributed by atoms with van der Waals surface area (Å²) in [4.78, 5) is 7.99. The lowest BCUT2D eigenvalue weighted by Gasteiger charge is -2.19. The maximum Gasteiger partial charge on any atom is 0.141 e. The van der Waals surface area contributed by atoms with Gasteiger partial charge < -0.3 is 15.2 Å². The van der Waals surface area contributed by atoms with E-state index < -0.39 is 0 Å². The van der Waals surface area contributed by atoms with E-state index >= 15 is 0 Å². The topological polar surface area (TPSA) is 70.3 Å². The standard InChI is InChI=1S/C11H19N3O2/c1-11(2,3)16-5-4-15-8-9-6-14-10(12)7-13-9/h6-7H,4-5,8H2,1-3H3,(H2,12,14). The normalized spacial score (nSPS) is 11.7. The summed E-state index contributed by atoms with van der Waals surface area (Å²) in [6, 6.07) is 0. The molecule has 0 aliphatic rings. The van der Waals surface area contributed by atoms with Gasteiger partial charge in [-0.05, 0) is 20.8 Å². The monoisotopic (exact) mass is 225 g/mol. The molecule has 0 radical (unpaired) electrons. The van der Waals surface area contributed by atoms with Crippen LogP contribution in [0, 0.1) is 0 Å². The number of hydrogen-bond donors (Lipinski definition) is 1. The molecule has 0 unspecified atom stereocenters. The number of nitrogen functional groups attached to an aromatic ring is 1. The Morgan fingerprint density at radius 3 is 2.50 bits per heavy atom. The lowest BCUT2D eigenvalue weighted by molar-refractivity contribution is -0.0380. The zero-order chi connectivity index (χ0) is 12.0. The predicted molar refractivity (Wildman–Crippen MR) is 61.8 cm³/mol. The van der Waals surface area contributed by atoms with E-state index in [2.05, 4.69) is 9.97 Å². The van der Waals surface area contributed by atoms with Gasteiger partial charge >= 0.3 is 0 Å². The minimum atomic E-state index is -0.121. The second-order valence-electron chi connectivity index (χ2n) is 4.45. The van der Waals surface area contributed by atoms with Crippen molar-refractivity contribution in [1.29, 1.82) is 0 Å². The number of hydrogen-bond acceptors (Lipinski definition) is 5. The minimum absolute atomic E-state index is 0.121. The molecule has 5 heteroatoms. The first-order valence-electron chi connectivity index (χ1n) is 5.25. The third-order valence-electron chi connectivity index (χ3n) is 1.74. The third-order valence-corrected chi connectivity index (χ3v) is 1.74. The lowest BCUT2D eigenvalue weighted by atomic mass is 10.2. The molecule has 0 saturated heterocycles. The highest BCUT2D eigenvalue weighted by atomic mass is 16.5. The van der Waals surface area contributed by atoms with Gasteiger partial charge in [-0.3, -0.25) is 4.98 Å². The number of ether oxygens (including phenoxy) is 2. The molecule has 1 aromatic rings. The van der Waals surface area contributed by atoms with E-state index in [1.807, 2.05) is 20.8 Å². The van der Waals surface area contributed by atoms with E-state index in [0.29, 0.717) is 25.6 Å². The van der Waals surface area contributed by atoms with Gasteiger partial charge in [-0.15, -0.1) is 0 Å². The number of rotatable bonds is 5. The quantitative estimate of drug-likeness (QED) is 0.767. The first-order chi connectivity index (χ1) is 7.47. The van der Waals surface area contributed by atoms with E-state index in [4.69, 9.17) is 15.2 Å². The summed E-state index contributed by atoms with van der Waals surface area (Å²) in [6.45, 7) is 7.59. The van der Waals surface area contributed by atoms with Gasteiger partial charge in [-0.1, -0.05) is 0 Å². The van der Waals surface area contributed by atoms with Gasteiger partial charge in [0.15, 0.2) is 0 Å². The third kappa shape index (κ3) is 5.63. The van der Waals surface area contributed by atoms with E-state index in [0.717, 1.165) is 5.69 Å². The molecular formula is C11H19N3O2. The first-order valence-corrected chi connectivity index (χ1v) is 5.25. The van der Waals surface area contributed by atoms with Crippen molar-refractivity contribution in [2.45, 2.75) is 33.0 Å². The molecule has 0 aromatic carbocycles. The molecule has 1 heterocycles. The van der Waals surface area contributed by atoms with Gasteiger partial charge in [0, 0.05) is 0 Å². The van der Waals surface area contributed by atoms with Crippen LogP contribution in [0.2, 0.25) is 0 Å². The fraction of sp³-hybridized carbons (Fsp3) is 0.636. The largest absolute Gasteiger partial charge is 0.382 e. The van der Waals surface area contributed by atoms with E-state index in [9.17, 15) is 0 Å². The summed E-state index contributed by atoms with van der Waals surface area (Å²) in [6.07, 6.45) is 3.13. The second kappa shape index (κ2) is 5.77. The number of nitrogens with two attached hydrogens (primary N) is 1. The molecule has 16 heavy (non-hydrogen) atoms. The van der Waals surface area contributed by atoms with Crippen LogP contribution < -0.4 is 5.73 Å². The Labute approximate surface area is 96.0 Å². The van der Waals surface area contributed by atoms with Crippen LogP contribution in [-0.4, -0.2) is 28.8 Å². The highest BCUT2D eigenvalue weighted by Gasteiger charge is 2.08. The molecule has 2 N–H and O–H groups in total. The number of nitrogens with zero attached hydrogens (tertiary/aromatic N) is 2. The molecule has 0 bridgehead atoms. The average Bonchev–Trinajstić information content (AvgIpc) is 2.19. The highest BCUT2D eigenvalue weighted by Crippen LogP contribution is 2.06. The van der Waals surface area contributed by atoms with E-state index in [-0.39, 0.29) is 5.60 Å². The van der Waals surface area contributed by atoms with Gasteiger partial charge in [-0.2, -0.15) is 0 Å². The van der Waals surface area contributed by atoms with Crippen LogP contribution in [0.1, 0.15) is 26.5 Å². The fourth-order valence-corrected chi connectivity index (χ4v) is 1.02. The van der Waals surface area contributed by atoms with Crippen molar-refractivity contribution in [3.8, 4) is 0 Å². The highest BCUT2D eigenvalue weighted by molar-refractivity contribution is 5.22. The molecule has 0 aliphatic carbocycles. The molecule has 1 aromatic heterocycles.